The fourth-order valence-corrected chi connectivity index (χ4v) is 3.86. The van der Waals surface area contributed by atoms with Crippen LogP contribution in [0.1, 0.15) is 34.6 Å². The second-order valence-electron chi connectivity index (χ2n) is 7.89. The number of nitrogens with zero attached hydrogens (tertiary/aromatic N) is 6. The first-order chi connectivity index (χ1) is 16.0. The molecule has 3 heterocycles. The first kappa shape index (κ1) is 20.6. The third kappa shape index (κ3) is 3.76. The standard InChI is InChI=1S/C25H22N6O2/c1-16-23-21(13-22(28-24(23)33-29-16)19-7-5-4-6-8-19)25(32)30(3)17(2)18-9-11-20(12-10-18)31-15-26-14-27-31/h4-15,17H,1-3H3/t17-/m1/s1. The Bertz CT molecular complexity index is 1410. The van der Waals surface area contributed by atoms with Gasteiger partial charge in [0, 0.05) is 12.6 Å². The van der Waals surface area contributed by atoms with Gasteiger partial charge in [0.15, 0.2) is 0 Å². The van der Waals surface area contributed by atoms with Crippen molar-refractivity contribution in [1.82, 2.24) is 29.8 Å². The van der Waals surface area contributed by atoms with Crippen LogP contribution in [0.5, 0.6) is 0 Å². The van der Waals surface area contributed by atoms with Crippen molar-refractivity contribution in [2.45, 2.75) is 19.9 Å². The van der Waals surface area contributed by atoms with Crippen LogP contribution in [0.25, 0.3) is 28.0 Å². The quantitative estimate of drug-likeness (QED) is 0.398. The number of carbonyl (C=O) groups is 1. The van der Waals surface area contributed by atoms with Gasteiger partial charge in [-0.15, -0.1) is 0 Å². The van der Waals surface area contributed by atoms with Crippen molar-refractivity contribution in [2.24, 2.45) is 0 Å². The van der Waals surface area contributed by atoms with E-state index in [2.05, 4.69) is 20.2 Å². The second-order valence-corrected chi connectivity index (χ2v) is 7.89. The van der Waals surface area contributed by atoms with E-state index >= 15 is 0 Å². The molecule has 5 rings (SSSR count). The summed E-state index contributed by atoms with van der Waals surface area (Å²) in [5.74, 6) is -0.126. The van der Waals surface area contributed by atoms with Crippen molar-refractivity contribution in [3.8, 4) is 16.9 Å². The summed E-state index contributed by atoms with van der Waals surface area (Å²) in [6.45, 7) is 3.82. The highest BCUT2D eigenvalue weighted by Crippen LogP contribution is 2.30. The van der Waals surface area contributed by atoms with Crippen molar-refractivity contribution in [3.63, 3.8) is 0 Å². The summed E-state index contributed by atoms with van der Waals surface area (Å²) in [5, 5.41) is 8.84. The molecule has 8 heteroatoms. The summed E-state index contributed by atoms with van der Waals surface area (Å²) >= 11 is 0. The number of hydrogen-bond donors (Lipinski definition) is 0. The van der Waals surface area contributed by atoms with E-state index in [-0.39, 0.29) is 11.9 Å². The molecule has 3 aromatic heterocycles. The van der Waals surface area contributed by atoms with Crippen LogP contribution in [0, 0.1) is 6.92 Å². The van der Waals surface area contributed by atoms with Crippen molar-refractivity contribution >= 4 is 17.0 Å². The lowest BCUT2D eigenvalue weighted by atomic mass is 10.0. The molecule has 0 saturated heterocycles. The minimum absolute atomic E-state index is 0.126. The summed E-state index contributed by atoms with van der Waals surface area (Å²) < 4.78 is 7.12. The van der Waals surface area contributed by atoms with Gasteiger partial charge in [0.1, 0.15) is 12.7 Å². The summed E-state index contributed by atoms with van der Waals surface area (Å²) in [6, 6.07) is 19.3. The number of aromatic nitrogens is 5. The van der Waals surface area contributed by atoms with Crippen molar-refractivity contribution in [3.05, 3.63) is 90.1 Å². The number of pyridine rings is 1. The normalized spacial score (nSPS) is 12.1. The lowest BCUT2D eigenvalue weighted by Gasteiger charge is -2.26. The minimum Gasteiger partial charge on any atom is -0.335 e. The van der Waals surface area contributed by atoms with Crippen molar-refractivity contribution in [1.29, 1.82) is 0 Å². The Morgan fingerprint density at radius 3 is 2.55 bits per heavy atom. The highest BCUT2D eigenvalue weighted by Gasteiger charge is 2.25. The molecule has 1 amide bonds. The Hall–Kier alpha value is -4.33. The van der Waals surface area contributed by atoms with E-state index in [1.165, 1.54) is 6.33 Å². The van der Waals surface area contributed by atoms with Gasteiger partial charge in [-0.25, -0.2) is 14.6 Å². The predicted molar refractivity (Wildman–Crippen MR) is 124 cm³/mol. The van der Waals surface area contributed by atoms with Crippen LogP contribution in [0.15, 0.2) is 77.8 Å². The second kappa shape index (κ2) is 8.31. The average molecular weight is 438 g/mol. The fraction of sp³-hybridized carbons (Fsp3) is 0.160. The molecular weight excluding hydrogens is 416 g/mol. The number of hydrogen-bond acceptors (Lipinski definition) is 6. The number of fused-ring (bicyclic) bond motifs is 1. The van der Waals surface area contributed by atoms with Gasteiger partial charge in [0.05, 0.1) is 34.1 Å². The number of aryl methyl sites for hydroxylation is 1. The maximum atomic E-state index is 13.7. The molecule has 0 radical (unpaired) electrons. The van der Waals surface area contributed by atoms with E-state index < -0.39 is 0 Å². The molecule has 0 aliphatic carbocycles. The largest absolute Gasteiger partial charge is 0.335 e. The monoisotopic (exact) mass is 438 g/mol. The van der Waals surface area contributed by atoms with Gasteiger partial charge in [-0.2, -0.15) is 5.10 Å². The molecule has 33 heavy (non-hydrogen) atoms. The molecule has 5 aromatic rings. The maximum absolute atomic E-state index is 13.7. The highest BCUT2D eigenvalue weighted by molar-refractivity contribution is 6.07. The molecule has 0 spiro atoms. The number of amides is 1. The van der Waals surface area contributed by atoms with Gasteiger partial charge in [0.25, 0.3) is 11.6 Å². The van der Waals surface area contributed by atoms with Crippen LogP contribution in [-0.2, 0) is 0 Å². The van der Waals surface area contributed by atoms with Crippen molar-refractivity contribution in [2.75, 3.05) is 7.05 Å². The molecular formula is C25H22N6O2. The minimum atomic E-state index is -0.161. The van der Waals surface area contributed by atoms with Crippen LogP contribution >= 0.6 is 0 Å². The molecule has 0 saturated carbocycles. The SMILES string of the molecule is Cc1noc2nc(-c3ccccc3)cc(C(=O)N(C)[C@H](C)c3ccc(-n4cncn4)cc3)c12. The lowest BCUT2D eigenvalue weighted by molar-refractivity contribution is 0.0744. The highest BCUT2D eigenvalue weighted by atomic mass is 16.5. The van der Waals surface area contributed by atoms with Gasteiger partial charge in [-0.3, -0.25) is 4.79 Å². The summed E-state index contributed by atoms with van der Waals surface area (Å²) in [6.07, 6.45) is 3.14. The molecule has 2 aromatic carbocycles. The molecule has 1 atom stereocenters. The first-order valence-electron chi connectivity index (χ1n) is 10.6. The number of benzene rings is 2. The van der Waals surface area contributed by atoms with Gasteiger partial charge in [-0.05, 0) is 37.6 Å². The number of carbonyl (C=O) groups excluding carboxylic acids is 1. The fourth-order valence-electron chi connectivity index (χ4n) is 3.86. The van der Waals surface area contributed by atoms with Crippen LogP contribution in [0.2, 0.25) is 0 Å². The zero-order valence-corrected chi connectivity index (χ0v) is 18.5. The van der Waals surface area contributed by atoms with Crippen molar-refractivity contribution < 1.29 is 9.32 Å². The van der Waals surface area contributed by atoms with E-state index in [0.717, 1.165) is 16.8 Å². The van der Waals surface area contributed by atoms with E-state index in [0.29, 0.717) is 28.1 Å². The Morgan fingerprint density at radius 1 is 1.09 bits per heavy atom. The molecule has 0 fully saturated rings. The molecule has 0 bridgehead atoms. The summed E-state index contributed by atoms with van der Waals surface area (Å²) in [4.78, 5) is 24.0. The zero-order valence-electron chi connectivity index (χ0n) is 18.5. The Kier molecular flexibility index (Phi) is 5.18. The third-order valence-corrected chi connectivity index (χ3v) is 5.88. The van der Waals surface area contributed by atoms with Crippen LogP contribution in [0.3, 0.4) is 0 Å². The first-order valence-corrected chi connectivity index (χ1v) is 10.6. The molecule has 0 aliphatic heterocycles. The van der Waals surface area contributed by atoms with Gasteiger partial charge in [0.2, 0.25) is 0 Å². The van der Waals surface area contributed by atoms with Crippen LogP contribution < -0.4 is 0 Å². The Labute approximate surface area is 190 Å². The summed E-state index contributed by atoms with van der Waals surface area (Å²) in [5.41, 5.74) is 4.99. The van der Waals surface area contributed by atoms with Gasteiger partial charge >= 0.3 is 0 Å². The van der Waals surface area contributed by atoms with E-state index in [4.69, 9.17) is 4.52 Å². The van der Waals surface area contributed by atoms with Gasteiger partial charge in [-0.1, -0.05) is 47.6 Å². The van der Waals surface area contributed by atoms with Crippen LogP contribution in [-0.4, -0.2) is 42.8 Å². The zero-order chi connectivity index (χ0) is 22.9. The van der Waals surface area contributed by atoms with E-state index in [1.807, 2.05) is 74.5 Å². The average Bonchev–Trinajstić information content (AvgIpc) is 3.53. The topological polar surface area (TPSA) is 89.9 Å². The van der Waals surface area contributed by atoms with E-state index in [9.17, 15) is 4.79 Å². The number of rotatable bonds is 5. The molecule has 8 nitrogen and oxygen atoms in total. The Balaban J connectivity index is 1.49. The summed E-state index contributed by atoms with van der Waals surface area (Å²) in [7, 11) is 1.80. The Morgan fingerprint density at radius 2 is 1.85 bits per heavy atom. The van der Waals surface area contributed by atoms with E-state index in [1.54, 1.807) is 23.0 Å². The molecule has 0 unspecified atom stereocenters. The maximum Gasteiger partial charge on any atom is 0.259 e. The predicted octanol–water partition coefficient (Wildman–Crippen LogP) is 4.61. The van der Waals surface area contributed by atoms with Crippen LogP contribution in [0.4, 0.5) is 0 Å². The molecule has 0 aliphatic rings. The molecule has 0 N–H and O–H groups in total. The lowest BCUT2D eigenvalue weighted by Crippen LogP contribution is -2.30. The molecule has 164 valence electrons. The smallest absolute Gasteiger partial charge is 0.259 e. The third-order valence-electron chi connectivity index (χ3n) is 5.88. The van der Waals surface area contributed by atoms with Gasteiger partial charge < -0.3 is 9.42 Å².